The summed E-state index contributed by atoms with van der Waals surface area (Å²) >= 11 is 8.41. The van der Waals surface area contributed by atoms with E-state index in [0.29, 0.717) is 11.9 Å². The molecular weight excluding hydrogens is 734 g/mol. The van der Waals surface area contributed by atoms with E-state index in [1.165, 1.54) is 13.8 Å². The Kier molecular flexibility index (Phi) is 16.1. The number of nitrogens with zero attached hydrogens (tertiary/aromatic N) is 4. The Balaban J connectivity index is 0.000000622. The highest BCUT2D eigenvalue weighted by atomic mass is 79.9. The van der Waals surface area contributed by atoms with Gasteiger partial charge >= 0.3 is 23.6 Å². The lowest BCUT2D eigenvalue weighted by Crippen LogP contribution is -2.16. The first-order valence-electron chi connectivity index (χ1n) is 10.3. The third-order valence-corrected chi connectivity index (χ3v) is 5.45. The lowest BCUT2D eigenvalue weighted by atomic mass is 10.2. The molecular formula is C20H21Br3F2N4O10. The van der Waals surface area contributed by atoms with Crippen molar-refractivity contribution in [1.29, 1.82) is 0 Å². The average Bonchev–Trinajstić information content (AvgIpc) is 2.88. The fourth-order valence-corrected chi connectivity index (χ4v) is 3.29. The van der Waals surface area contributed by atoms with Gasteiger partial charge in [0, 0.05) is 43.0 Å². The van der Waals surface area contributed by atoms with E-state index in [-0.39, 0.29) is 32.9 Å². The van der Waals surface area contributed by atoms with Crippen molar-refractivity contribution in [3.8, 4) is 11.5 Å². The maximum Gasteiger partial charge on any atom is 0.407 e. The Morgan fingerprint density at radius 3 is 1.74 bits per heavy atom. The minimum Gasteiger partial charge on any atom is -0.501 e. The van der Waals surface area contributed by atoms with Gasteiger partial charge in [-0.3, -0.25) is 4.79 Å². The number of ether oxygens (including phenoxy) is 3. The highest BCUT2D eigenvalue weighted by Crippen LogP contribution is 2.34. The Morgan fingerprint density at radius 1 is 0.897 bits per heavy atom. The van der Waals surface area contributed by atoms with E-state index in [4.69, 9.17) is 9.84 Å². The Morgan fingerprint density at radius 2 is 1.33 bits per heavy atom. The Bertz CT molecular complexity index is 1220. The van der Waals surface area contributed by atoms with Crippen LogP contribution in [0.1, 0.15) is 25.0 Å². The third kappa shape index (κ3) is 11.3. The van der Waals surface area contributed by atoms with Crippen LogP contribution in [-0.2, 0) is 19.1 Å². The van der Waals surface area contributed by atoms with Crippen LogP contribution in [0, 0.1) is 45.7 Å². The zero-order valence-electron chi connectivity index (χ0n) is 20.6. The van der Waals surface area contributed by atoms with Gasteiger partial charge in [-0.25, -0.2) is 13.6 Å². The smallest absolute Gasteiger partial charge is 0.407 e. The van der Waals surface area contributed by atoms with E-state index in [9.17, 15) is 38.6 Å². The molecule has 0 fully saturated rings. The molecule has 0 aliphatic carbocycles. The highest BCUT2D eigenvalue weighted by Gasteiger charge is 2.27. The summed E-state index contributed by atoms with van der Waals surface area (Å²) in [5.74, 6) is -5.07. The SMILES string of the molecule is CCOC(=O)CBr.CCOC(=O)COc1c([N+](=O)[O-])nc(Br)c(F)c1C.Cc1c(O)c([N+](=O)[O-])nc(Br)c1F. The van der Waals surface area contributed by atoms with Crippen molar-refractivity contribution in [1.82, 2.24) is 9.97 Å². The van der Waals surface area contributed by atoms with Gasteiger partial charge in [0.15, 0.2) is 18.2 Å². The fourth-order valence-electron chi connectivity index (χ4n) is 2.19. The van der Waals surface area contributed by atoms with E-state index < -0.39 is 57.2 Å². The number of hydrogen-bond donors (Lipinski definition) is 1. The van der Waals surface area contributed by atoms with Gasteiger partial charge < -0.3 is 39.5 Å². The number of rotatable bonds is 8. The van der Waals surface area contributed by atoms with Gasteiger partial charge in [-0.2, -0.15) is 0 Å². The molecule has 39 heavy (non-hydrogen) atoms. The lowest BCUT2D eigenvalue weighted by Gasteiger charge is -2.09. The van der Waals surface area contributed by atoms with Crippen LogP contribution in [0.15, 0.2) is 9.21 Å². The van der Waals surface area contributed by atoms with Crippen LogP contribution in [0.4, 0.5) is 20.4 Å². The first-order valence-corrected chi connectivity index (χ1v) is 13.0. The second-order valence-corrected chi connectivity index (χ2v) is 8.62. The molecule has 0 radical (unpaired) electrons. The predicted molar refractivity (Wildman–Crippen MR) is 141 cm³/mol. The van der Waals surface area contributed by atoms with Crippen LogP contribution in [0.2, 0.25) is 0 Å². The number of carbonyl (C=O) groups is 2. The minimum atomic E-state index is -0.882. The number of alkyl halides is 1. The molecule has 216 valence electrons. The first kappa shape index (κ1) is 35.9. The maximum absolute atomic E-state index is 13.6. The van der Waals surface area contributed by atoms with Gasteiger partial charge in [0.1, 0.15) is 5.33 Å². The minimum absolute atomic E-state index is 0.113. The largest absolute Gasteiger partial charge is 0.501 e. The molecule has 0 saturated heterocycles. The third-order valence-electron chi connectivity index (χ3n) is 3.94. The molecule has 19 heteroatoms. The second kappa shape index (κ2) is 17.5. The number of aromatic nitrogens is 2. The Labute approximate surface area is 244 Å². The summed E-state index contributed by atoms with van der Waals surface area (Å²) in [5.41, 5.74) is -0.313. The van der Waals surface area contributed by atoms with Crippen LogP contribution in [-0.4, -0.2) is 62.0 Å². The first-order chi connectivity index (χ1) is 18.1. The number of pyridine rings is 2. The maximum atomic E-state index is 13.6. The van der Waals surface area contributed by atoms with Crippen molar-refractivity contribution in [2.24, 2.45) is 0 Å². The van der Waals surface area contributed by atoms with Crippen molar-refractivity contribution in [3.63, 3.8) is 0 Å². The summed E-state index contributed by atoms with van der Waals surface area (Å²) in [6.07, 6.45) is 0. The summed E-state index contributed by atoms with van der Waals surface area (Å²) in [5, 5.41) is 30.5. The van der Waals surface area contributed by atoms with E-state index in [1.54, 1.807) is 13.8 Å². The molecule has 0 amide bonds. The van der Waals surface area contributed by atoms with E-state index >= 15 is 0 Å². The summed E-state index contributed by atoms with van der Waals surface area (Å²) in [6.45, 7) is 5.95. The monoisotopic (exact) mass is 752 g/mol. The van der Waals surface area contributed by atoms with Crippen molar-refractivity contribution < 1.29 is 47.5 Å². The highest BCUT2D eigenvalue weighted by molar-refractivity contribution is 9.10. The fraction of sp³-hybridized carbons (Fsp3) is 0.400. The summed E-state index contributed by atoms with van der Waals surface area (Å²) < 4.78 is 40.0. The van der Waals surface area contributed by atoms with Crippen molar-refractivity contribution in [3.05, 3.63) is 52.2 Å². The Hall–Kier alpha value is -3.06. The van der Waals surface area contributed by atoms with Gasteiger partial charge in [-0.1, -0.05) is 15.9 Å². The molecule has 0 aromatic carbocycles. The molecule has 0 atom stereocenters. The number of hydrogen-bond acceptors (Lipinski definition) is 12. The number of nitro groups is 2. The van der Waals surface area contributed by atoms with Crippen molar-refractivity contribution >= 4 is 71.4 Å². The van der Waals surface area contributed by atoms with Gasteiger partial charge in [0.2, 0.25) is 11.5 Å². The van der Waals surface area contributed by atoms with E-state index in [1.807, 2.05) is 0 Å². The van der Waals surface area contributed by atoms with Crippen LogP contribution in [0.25, 0.3) is 0 Å². The van der Waals surface area contributed by atoms with Crippen molar-refractivity contribution in [2.75, 3.05) is 25.2 Å². The van der Waals surface area contributed by atoms with Gasteiger partial charge in [-0.15, -0.1) is 0 Å². The number of carbonyl (C=O) groups excluding carboxylic acids is 2. The molecule has 0 aliphatic heterocycles. The quantitative estimate of drug-likeness (QED) is 0.125. The standard InChI is InChI=1S/C10H10BrFN2O5.C6H4BrFN2O3.C4H7BrO2/c1-3-18-6(15)4-19-8-5(2)7(12)9(11)13-10(8)14(16)17;1-2-3(8)5(7)9-6(4(2)11)10(12)13;1-2-7-4(6)3-5/h3-4H2,1-2H3;11H,1H3;2-3H2,1H3. The number of halogens is 5. The molecule has 0 unspecified atom stereocenters. The number of esters is 2. The molecule has 2 rings (SSSR count). The molecule has 0 aliphatic rings. The molecule has 2 heterocycles. The molecule has 1 N–H and O–H groups in total. The van der Waals surface area contributed by atoms with Gasteiger partial charge in [0.25, 0.3) is 9.21 Å². The van der Waals surface area contributed by atoms with Crippen molar-refractivity contribution in [2.45, 2.75) is 27.7 Å². The molecule has 0 bridgehead atoms. The van der Waals surface area contributed by atoms with Crippen LogP contribution in [0.5, 0.6) is 11.5 Å². The zero-order valence-corrected chi connectivity index (χ0v) is 25.4. The lowest BCUT2D eigenvalue weighted by molar-refractivity contribution is -0.390. The molecule has 0 saturated carbocycles. The average molecular weight is 755 g/mol. The summed E-state index contributed by atoms with van der Waals surface area (Å²) in [4.78, 5) is 47.3. The van der Waals surface area contributed by atoms with Crippen LogP contribution < -0.4 is 4.74 Å². The zero-order chi connectivity index (χ0) is 30.4. The molecule has 14 nitrogen and oxygen atoms in total. The summed E-state index contributed by atoms with van der Waals surface area (Å²) in [6, 6.07) is 0. The van der Waals surface area contributed by atoms with Crippen LogP contribution in [0.3, 0.4) is 0 Å². The van der Waals surface area contributed by atoms with Gasteiger partial charge in [0.05, 0.1) is 13.2 Å². The molecule has 2 aromatic heterocycles. The molecule has 2 aromatic rings. The normalized spacial score (nSPS) is 9.77. The number of aromatic hydroxyl groups is 1. The van der Waals surface area contributed by atoms with E-state index in [2.05, 4.69) is 67.2 Å². The molecule has 0 spiro atoms. The van der Waals surface area contributed by atoms with Crippen LogP contribution >= 0.6 is 47.8 Å². The van der Waals surface area contributed by atoms with E-state index in [0.717, 1.165) is 0 Å². The summed E-state index contributed by atoms with van der Waals surface area (Å²) in [7, 11) is 0. The van der Waals surface area contributed by atoms with Gasteiger partial charge in [-0.05, 0) is 47.5 Å². The topological polar surface area (TPSA) is 194 Å². The second-order valence-electron chi connectivity index (χ2n) is 6.55. The predicted octanol–water partition coefficient (Wildman–Crippen LogP) is 4.99.